The summed E-state index contributed by atoms with van der Waals surface area (Å²) in [6, 6.07) is 10.3. The van der Waals surface area contributed by atoms with Gasteiger partial charge in [-0.1, -0.05) is 26.0 Å². The maximum atomic E-state index is 13.0. The smallest absolute Gasteiger partial charge is 0.307 e. The minimum atomic E-state index is -0.736. The number of fused-ring (bicyclic) bond motifs is 1. The molecular formula is C26H31NO4. The average molecular weight is 422 g/mol. The van der Waals surface area contributed by atoms with Crippen molar-refractivity contribution in [2.24, 2.45) is 5.92 Å². The molecule has 1 aliphatic carbocycles. The highest BCUT2D eigenvalue weighted by Gasteiger charge is 2.44. The fraction of sp³-hybridized carbons (Fsp3) is 0.462. The number of carbonyl (C=O) groups excluding carboxylic acids is 1. The van der Waals surface area contributed by atoms with Gasteiger partial charge in [-0.05, 0) is 73.6 Å². The Morgan fingerprint density at radius 3 is 2.48 bits per heavy atom. The Bertz CT molecular complexity index is 1070. The molecule has 1 aliphatic heterocycles. The second-order valence-corrected chi connectivity index (χ2v) is 9.85. The average Bonchev–Trinajstić information content (AvgIpc) is 3.48. The van der Waals surface area contributed by atoms with Crippen LogP contribution in [-0.4, -0.2) is 30.1 Å². The Morgan fingerprint density at radius 1 is 1.19 bits per heavy atom. The number of methoxy groups -OCH3 is 1. The molecule has 2 aromatic rings. The van der Waals surface area contributed by atoms with Gasteiger partial charge in [0.25, 0.3) is 0 Å². The molecule has 0 spiro atoms. The van der Waals surface area contributed by atoms with Crippen molar-refractivity contribution in [3.8, 4) is 16.9 Å². The molecule has 2 atom stereocenters. The van der Waals surface area contributed by atoms with Gasteiger partial charge in [0.1, 0.15) is 5.75 Å². The van der Waals surface area contributed by atoms with Gasteiger partial charge < -0.3 is 14.7 Å². The highest BCUT2D eigenvalue weighted by Crippen LogP contribution is 2.50. The first-order chi connectivity index (χ1) is 14.5. The summed E-state index contributed by atoms with van der Waals surface area (Å²) in [4.78, 5) is 26.2. The van der Waals surface area contributed by atoms with Crippen LogP contribution in [0, 0.1) is 12.8 Å². The molecule has 0 saturated heterocycles. The van der Waals surface area contributed by atoms with Crippen molar-refractivity contribution >= 4 is 17.6 Å². The number of anilines is 1. The summed E-state index contributed by atoms with van der Waals surface area (Å²) in [7, 11) is 1.65. The molecular weight excluding hydrogens is 390 g/mol. The summed E-state index contributed by atoms with van der Waals surface area (Å²) in [5.74, 6) is -0.101. The molecule has 2 aromatic carbocycles. The number of hydrogen-bond donors (Lipinski definition) is 1. The lowest BCUT2D eigenvalue weighted by Gasteiger charge is -2.41. The molecule has 1 fully saturated rings. The van der Waals surface area contributed by atoms with Crippen LogP contribution < -0.4 is 9.64 Å². The van der Waals surface area contributed by atoms with Crippen molar-refractivity contribution in [2.75, 3.05) is 12.0 Å². The zero-order valence-corrected chi connectivity index (χ0v) is 19.2. The summed E-state index contributed by atoms with van der Waals surface area (Å²) in [5.41, 5.74) is 6.01. The van der Waals surface area contributed by atoms with E-state index >= 15 is 0 Å². The van der Waals surface area contributed by atoms with Crippen LogP contribution in [0.15, 0.2) is 30.3 Å². The number of carboxylic acid groups (broad SMARTS) is 1. The van der Waals surface area contributed by atoms with Gasteiger partial charge in [-0.15, -0.1) is 0 Å². The largest absolute Gasteiger partial charge is 0.496 e. The Kier molecular flexibility index (Phi) is 5.11. The third-order valence-electron chi connectivity index (χ3n) is 6.76. The lowest BCUT2D eigenvalue weighted by Crippen LogP contribution is -2.45. The standard InChI is InChI=1S/C26H31NO4/c1-14(2)27-22-12-17(15(3)9-21(22)26(4,5)13-24(27)28)19-10-16(7-8-23(19)31-6)18-11-20(18)25(29)30/h7-10,12,14,18,20H,11,13H2,1-6H3,(H,29,30)/t18-,20+/m0/s1. The van der Waals surface area contributed by atoms with E-state index in [1.807, 2.05) is 30.9 Å². The highest BCUT2D eigenvalue weighted by atomic mass is 16.5. The Morgan fingerprint density at radius 2 is 1.90 bits per heavy atom. The van der Waals surface area contributed by atoms with Crippen LogP contribution >= 0.6 is 0 Å². The first-order valence-electron chi connectivity index (χ1n) is 10.9. The second-order valence-electron chi connectivity index (χ2n) is 9.85. The lowest BCUT2D eigenvalue weighted by molar-refractivity contribution is -0.138. The van der Waals surface area contributed by atoms with Crippen LogP contribution in [0.5, 0.6) is 5.75 Å². The molecule has 0 radical (unpaired) electrons. The van der Waals surface area contributed by atoms with E-state index in [0.29, 0.717) is 12.8 Å². The van der Waals surface area contributed by atoms with E-state index in [9.17, 15) is 14.7 Å². The lowest BCUT2D eigenvalue weighted by atomic mass is 9.75. The van der Waals surface area contributed by atoms with Gasteiger partial charge in [0, 0.05) is 29.1 Å². The number of carboxylic acids is 1. The quantitative estimate of drug-likeness (QED) is 0.713. The normalized spacial score (nSPS) is 21.8. The maximum absolute atomic E-state index is 13.0. The number of benzene rings is 2. The van der Waals surface area contributed by atoms with Crippen molar-refractivity contribution in [3.05, 3.63) is 47.0 Å². The van der Waals surface area contributed by atoms with Crippen LogP contribution in [0.25, 0.3) is 11.1 Å². The second kappa shape index (κ2) is 7.40. The molecule has 1 amide bonds. The van der Waals surface area contributed by atoms with Crippen LogP contribution in [0.2, 0.25) is 0 Å². The molecule has 5 nitrogen and oxygen atoms in total. The van der Waals surface area contributed by atoms with Crippen LogP contribution in [0.3, 0.4) is 0 Å². The summed E-state index contributed by atoms with van der Waals surface area (Å²) < 4.78 is 5.67. The van der Waals surface area contributed by atoms with Crippen molar-refractivity contribution in [3.63, 3.8) is 0 Å². The summed E-state index contributed by atoms with van der Waals surface area (Å²) in [6.45, 7) is 10.4. The Labute approximate surface area is 184 Å². The number of rotatable bonds is 5. The third-order valence-corrected chi connectivity index (χ3v) is 6.76. The number of hydrogen-bond acceptors (Lipinski definition) is 3. The fourth-order valence-corrected chi connectivity index (χ4v) is 4.99. The van der Waals surface area contributed by atoms with Crippen molar-refractivity contribution < 1.29 is 19.4 Å². The van der Waals surface area contributed by atoms with Crippen LogP contribution in [0.4, 0.5) is 5.69 Å². The van der Waals surface area contributed by atoms with E-state index in [-0.39, 0.29) is 29.2 Å². The molecule has 31 heavy (non-hydrogen) atoms. The Hall–Kier alpha value is -2.82. The molecule has 2 aliphatic rings. The SMILES string of the molecule is COc1ccc([C@@H]2C[C@H]2C(=O)O)cc1-c1cc2c(cc1C)C(C)(C)CC(=O)N2C(C)C. The monoisotopic (exact) mass is 421 g/mol. The van der Waals surface area contributed by atoms with E-state index in [0.717, 1.165) is 33.7 Å². The van der Waals surface area contributed by atoms with E-state index in [1.165, 1.54) is 5.56 Å². The van der Waals surface area contributed by atoms with Gasteiger partial charge in [-0.2, -0.15) is 0 Å². The van der Waals surface area contributed by atoms with E-state index in [1.54, 1.807) is 7.11 Å². The van der Waals surface area contributed by atoms with E-state index < -0.39 is 5.97 Å². The number of carbonyl (C=O) groups is 2. The molecule has 1 N–H and O–H groups in total. The van der Waals surface area contributed by atoms with Gasteiger partial charge >= 0.3 is 5.97 Å². The minimum absolute atomic E-state index is 0.0489. The van der Waals surface area contributed by atoms with Crippen LogP contribution in [-0.2, 0) is 15.0 Å². The minimum Gasteiger partial charge on any atom is -0.496 e. The first-order valence-corrected chi connectivity index (χ1v) is 10.9. The molecule has 0 bridgehead atoms. The van der Waals surface area contributed by atoms with Gasteiger partial charge in [0.15, 0.2) is 0 Å². The van der Waals surface area contributed by atoms with Crippen molar-refractivity contribution in [2.45, 2.75) is 64.8 Å². The zero-order valence-electron chi connectivity index (χ0n) is 19.2. The molecule has 5 heteroatoms. The molecule has 164 valence electrons. The topological polar surface area (TPSA) is 66.8 Å². The number of nitrogens with zero attached hydrogens (tertiary/aromatic N) is 1. The number of ether oxygens (including phenoxy) is 1. The Balaban J connectivity index is 1.88. The van der Waals surface area contributed by atoms with Gasteiger partial charge in [0.05, 0.1) is 13.0 Å². The summed E-state index contributed by atoms with van der Waals surface area (Å²) in [6.07, 6.45) is 1.17. The molecule has 1 saturated carbocycles. The predicted molar refractivity (Wildman–Crippen MR) is 122 cm³/mol. The number of aryl methyl sites for hydroxylation is 1. The number of aliphatic carboxylic acids is 1. The van der Waals surface area contributed by atoms with Gasteiger partial charge in [-0.3, -0.25) is 9.59 Å². The molecule has 4 rings (SSSR count). The first kappa shape index (κ1) is 21.4. The predicted octanol–water partition coefficient (Wildman–Crippen LogP) is 5.28. The number of amides is 1. The molecule has 0 unspecified atom stereocenters. The van der Waals surface area contributed by atoms with E-state index in [4.69, 9.17) is 4.74 Å². The van der Waals surface area contributed by atoms with E-state index in [2.05, 4.69) is 39.0 Å². The van der Waals surface area contributed by atoms with Gasteiger partial charge in [-0.25, -0.2) is 0 Å². The maximum Gasteiger partial charge on any atom is 0.307 e. The summed E-state index contributed by atoms with van der Waals surface area (Å²) >= 11 is 0. The van der Waals surface area contributed by atoms with Crippen LogP contribution in [0.1, 0.15) is 63.1 Å². The summed E-state index contributed by atoms with van der Waals surface area (Å²) in [5, 5.41) is 9.34. The fourth-order valence-electron chi connectivity index (χ4n) is 4.99. The molecule has 0 aromatic heterocycles. The highest BCUT2D eigenvalue weighted by molar-refractivity contribution is 5.99. The molecule has 1 heterocycles. The third kappa shape index (κ3) is 3.60. The van der Waals surface area contributed by atoms with Crippen molar-refractivity contribution in [1.82, 2.24) is 0 Å². The zero-order chi connectivity index (χ0) is 22.7. The van der Waals surface area contributed by atoms with Gasteiger partial charge in [0.2, 0.25) is 5.91 Å². The van der Waals surface area contributed by atoms with Crippen molar-refractivity contribution in [1.29, 1.82) is 0 Å².